The molecule has 0 spiro atoms. The topological polar surface area (TPSA) is 58.7 Å². The first-order valence-electron chi connectivity index (χ1n) is 8.84. The minimum atomic E-state index is -5.01. The van der Waals surface area contributed by atoms with Crippen molar-refractivity contribution >= 4 is 22.7 Å². The first kappa shape index (κ1) is 22.7. The van der Waals surface area contributed by atoms with Crippen LogP contribution in [0, 0.1) is 11.3 Å². The molecule has 0 atom stereocenters. The standard InChI is InChI=1S/C20H13F6N3OS/c21-19(22,23)12-7-8-14(20(24,25)26)16(11-12)29-17(30)13-5-1-2-6-15(13)28-18(29)31-10-4-3-9-27/h1-2,5-8,11H,3-4,10H2. The summed E-state index contributed by atoms with van der Waals surface area (Å²) < 4.78 is 81.2. The first-order valence-corrected chi connectivity index (χ1v) is 9.83. The Balaban J connectivity index is 2.33. The van der Waals surface area contributed by atoms with Gasteiger partial charge in [-0.25, -0.2) is 4.98 Å². The Morgan fingerprint density at radius 3 is 2.39 bits per heavy atom. The summed E-state index contributed by atoms with van der Waals surface area (Å²) in [5.41, 5.74) is -4.38. The molecule has 162 valence electrons. The van der Waals surface area contributed by atoms with E-state index in [4.69, 9.17) is 5.26 Å². The summed E-state index contributed by atoms with van der Waals surface area (Å²) in [6, 6.07) is 8.74. The van der Waals surface area contributed by atoms with E-state index in [0.717, 1.165) is 11.8 Å². The number of hydrogen-bond acceptors (Lipinski definition) is 4. The molecule has 0 fully saturated rings. The van der Waals surface area contributed by atoms with Gasteiger partial charge in [-0.2, -0.15) is 31.6 Å². The van der Waals surface area contributed by atoms with Crippen LogP contribution in [0.15, 0.2) is 52.4 Å². The van der Waals surface area contributed by atoms with Crippen LogP contribution in [0.4, 0.5) is 26.3 Å². The number of halogens is 6. The largest absolute Gasteiger partial charge is 0.418 e. The fourth-order valence-corrected chi connectivity index (χ4v) is 3.81. The highest BCUT2D eigenvalue weighted by Gasteiger charge is 2.38. The average Bonchev–Trinajstić information content (AvgIpc) is 2.70. The van der Waals surface area contributed by atoms with E-state index >= 15 is 0 Å². The highest BCUT2D eigenvalue weighted by atomic mass is 32.2. The molecule has 0 unspecified atom stereocenters. The predicted molar refractivity (Wildman–Crippen MR) is 103 cm³/mol. The van der Waals surface area contributed by atoms with Gasteiger partial charge in [0.25, 0.3) is 5.56 Å². The highest BCUT2D eigenvalue weighted by Crippen LogP contribution is 2.38. The van der Waals surface area contributed by atoms with Gasteiger partial charge in [0, 0.05) is 12.2 Å². The van der Waals surface area contributed by atoms with Crippen LogP contribution >= 0.6 is 11.8 Å². The number of unbranched alkanes of at least 4 members (excludes halogenated alkanes) is 1. The fourth-order valence-electron chi connectivity index (χ4n) is 2.87. The zero-order valence-corrected chi connectivity index (χ0v) is 16.4. The van der Waals surface area contributed by atoms with Gasteiger partial charge in [-0.15, -0.1) is 0 Å². The van der Waals surface area contributed by atoms with Crippen LogP contribution in [0.3, 0.4) is 0 Å². The molecule has 3 aromatic rings. The number of fused-ring (bicyclic) bond motifs is 1. The van der Waals surface area contributed by atoms with Crippen molar-refractivity contribution in [3.63, 3.8) is 0 Å². The summed E-state index contributed by atoms with van der Waals surface area (Å²) in [5, 5.41) is 8.43. The molecule has 4 nitrogen and oxygen atoms in total. The minimum absolute atomic E-state index is 0.0330. The van der Waals surface area contributed by atoms with Crippen LogP contribution in [0.2, 0.25) is 0 Å². The molecule has 3 rings (SSSR count). The molecular formula is C20H13F6N3OS. The lowest BCUT2D eigenvalue weighted by molar-refractivity contribution is -0.141. The number of alkyl halides is 6. The van der Waals surface area contributed by atoms with E-state index < -0.39 is 34.7 Å². The molecule has 0 amide bonds. The third kappa shape index (κ3) is 4.85. The minimum Gasteiger partial charge on any atom is -0.268 e. The van der Waals surface area contributed by atoms with Crippen LogP contribution in [0.1, 0.15) is 24.0 Å². The number of para-hydroxylation sites is 1. The summed E-state index contributed by atoms with van der Waals surface area (Å²) in [6.07, 6.45) is -9.39. The van der Waals surface area contributed by atoms with Crippen molar-refractivity contribution < 1.29 is 26.3 Å². The lowest BCUT2D eigenvalue weighted by Crippen LogP contribution is -2.25. The van der Waals surface area contributed by atoms with Gasteiger partial charge >= 0.3 is 12.4 Å². The second-order valence-corrected chi connectivity index (χ2v) is 7.45. The van der Waals surface area contributed by atoms with Crippen molar-refractivity contribution in [1.29, 1.82) is 5.26 Å². The molecule has 1 aromatic heterocycles. The quantitative estimate of drug-likeness (QED) is 0.210. The third-order valence-electron chi connectivity index (χ3n) is 4.28. The highest BCUT2D eigenvalue weighted by molar-refractivity contribution is 7.99. The summed E-state index contributed by atoms with van der Waals surface area (Å²) in [7, 11) is 0. The predicted octanol–water partition coefficient (Wildman–Crippen LogP) is 5.82. The average molecular weight is 457 g/mol. The zero-order chi connectivity index (χ0) is 22.8. The summed E-state index contributed by atoms with van der Waals surface area (Å²) >= 11 is 0.896. The molecular weight excluding hydrogens is 444 g/mol. The summed E-state index contributed by atoms with van der Waals surface area (Å²) in [4.78, 5) is 17.3. The molecule has 0 saturated carbocycles. The molecule has 31 heavy (non-hydrogen) atoms. The lowest BCUT2D eigenvalue weighted by Gasteiger charge is -2.19. The van der Waals surface area contributed by atoms with Gasteiger partial charge in [-0.1, -0.05) is 23.9 Å². The lowest BCUT2D eigenvalue weighted by atomic mass is 10.1. The maximum atomic E-state index is 13.6. The van der Waals surface area contributed by atoms with Gasteiger partial charge in [0.2, 0.25) is 0 Å². The van der Waals surface area contributed by atoms with Crippen molar-refractivity contribution in [2.24, 2.45) is 0 Å². The third-order valence-corrected chi connectivity index (χ3v) is 5.31. The SMILES string of the molecule is N#CCCCSc1nc2ccccc2c(=O)n1-c1cc(C(F)(F)F)ccc1C(F)(F)F. The van der Waals surface area contributed by atoms with Gasteiger partial charge in [0.15, 0.2) is 5.16 Å². The molecule has 0 radical (unpaired) electrons. The first-order chi connectivity index (χ1) is 14.5. The molecule has 0 N–H and O–H groups in total. The van der Waals surface area contributed by atoms with E-state index in [1.54, 1.807) is 6.07 Å². The fraction of sp³-hybridized carbons (Fsp3) is 0.250. The van der Waals surface area contributed by atoms with Crippen molar-refractivity contribution in [2.45, 2.75) is 30.4 Å². The monoisotopic (exact) mass is 457 g/mol. The van der Waals surface area contributed by atoms with Crippen LogP contribution in [0.25, 0.3) is 16.6 Å². The number of aromatic nitrogens is 2. The van der Waals surface area contributed by atoms with Crippen molar-refractivity contribution in [3.05, 3.63) is 63.9 Å². The molecule has 0 aliphatic rings. The van der Waals surface area contributed by atoms with Crippen LogP contribution in [-0.4, -0.2) is 15.3 Å². The molecule has 0 saturated heterocycles. The summed E-state index contributed by atoms with van der Waals surface area (Å²) in [6.45, 7) is 0. The van der Waals surface area contributed by atoms with Crippen molar-refractivity contribution in [1.82, 2.24) is 9.55 Å². The zero-order valence-electron chi connectivity index (χ0n) is 15.6. The van der Waals surface area contributed by atoms with Gasteiger partial charge < -0.3 is 0 Å². The Morgan fingerprint density at radius 2 is 1.74 bits per heavy atom. The molecule has 0 aliphatic heterocycles. The molecule has 0 aliphatic carbocycles. The van der Waals surface area contributed by atoms with E-state index in [-0.39, 0.29) is 28.2 Å². The number of thioether (sulfide) groups is 1. The Kier molecular flexibility index (Phi) is 6.31. The smallest absolute Gasteiger partial charge is 0.268 e. The molecule has 11 heteroatoms. The number of nitrogens with zero attached hydrogens (tertiary/aromatic N) is 3. The van der Waals surface area contributed by atoms with Gasteiger partial charge in [0.1, 0.15) is 0 Å². The molecule has 2 aromatic carbocycles. The van der Waals surface area contributed by atoms with Crippen molar-refractivity contribution in [3.8, 4) is 11.8 Å². The number of nitriles is 1. The maximum absolute atomic E-state index is 13.6. The van der Waals surface area contributed by atoms with E-state index in [1.165, 1.54) is 18.2 Å². The number of benzene rings is 2. The summed E-state index contributed by atoms with van der Waals surface area (Å²) in [5.74, 6) is 0.235. The molecule has 1 heterocycles. The van der Waals surface area contributed by atoms with E-state index in [0.29, 0.717) is 29.2 Å². The Hall–Kier alpha value is -3.00. The van der Waals surface area contributed by atoms with Crippen LogP contribution in [0.5, 0.6) is 0 Å². The van der Waals surface area contributed by atoms with E-state index in [1.807, 2.05) is 6.07 Å². The maximum Gasteiger partial charge on any atom is 0.418 e. The number of hydrogen-bond donors (Lipinski definition) is 0. The van der Waals surface area contributed by atoms with Gasteiger partial charge in [0.05, 0.1) is 33.8 Å². The normalized spacial score (nSPS) is 12.2. The number of rotatable bonds is 5. The van der Waals surface area contributed by atoms with E-state index in [9.17, 15) is 31.1 Å². The Labute approximate surface area is 176 Å². The molecule has 0 bridgehead atoms. The van der Waals surface area contributed by atoms with Crippen LogP contribution < -0.4 is 5.56 Å². The van der Waals surface area contributed by atoms with Gasteiger partial charge in [-0.3, -0.25) is 9.36 Å². The van der Waals surface area contributed by atoms with Gasteiger partial charge in [-0.05, 0) is 36.8 Å². The Morgan fingerprint density at radius 1 is 1.03 bits per heavy atom. The second-order valence-electron chi connectivity index (χ2n) is 6.39. The van der Waals surface area contributed by atoms with Crippen molar-refractivity contribution in [2.75, 3.05) is 5.75 Å². The second kappa shape index (κ2) is 8.63. The van der Waals surface area contributed by atoms with E-state index in [2.05, 4.69) is 4.98 Å². The Bertz CT molecular complexity index is 1210. The van der Waals surface area contributed by atoms with Crippen LogP contribution in [-0.2, 0) is 12.4 Å².